The molecule has 0 saturated carbocycles. The third kappa shape index (κ3) is 3.30. The highest BCUT2D eigenvalue weighted by molar-refractivity contribution is 7.18. The summed E-state index contributed by atoms with van der Waals surface area (Å²) < 4.78 is 37.7. The number of benzene rings is 2. The maximum Gasteiger partial charge on any atom is 0.416 e. The summed E-state index contributed by atoms with van der Waals surface area (Å²) in [5.74, 6) is -1.00. The van der Waals surface area contributed by atoms with Gasteiger partial charge in [0.15, 0.2) is 0 Å². The lowest BCUT2D eigenvalue weighted by molar-refractivity contribution is -0.137. The van der Waals surface area contributed by atoms with Gasteiger partial charge >= 0.3 is 12.1 Å². The molecular formula is C17H10F3NO2S. The van der Waals surface area contributed by atoms with Crippen molar-refractivity contribution in [1.82, 2.24) is 4.98 Å². The summed E-state index contributed by atoms with van der Waals surface area (Å²) in [6, 6.07) is 11.2. The number of hydrogen-bond acceptors (Lipinski definition) is 3. The zero-order valence-corrected chi connectivity index (χ0v) is 12.9. The van der Waals surface area contributed by atoms with E-state index in [0.29, 0.717) is 10.6 Å². The molecule has 3 nitrogen and oxygen atoms in total. The van der Waals surface area contributed by atoms with Crippen molar-refractivity contribution in [3.05, 3.63) is 65.9 Å². The number of carbonyl (C=O) groups is 1. The Kier molecular flexibility index (Phi) is 4.11. The van der Waals surface area contributed by atoms with Crippen LogP contribution >= 0.6 is 11.3 Å². The predicted molar refractivity (Wildman–Crippen MR) is 84.9 cm³/mol. The van der Waals surface area contributed by atoms with Crippen molar-refractivity contribution in [2.45, 2.75) is 6.18 Å². The topological polar surface area (TPSA) is 50.2 Å². The Balaban J connectivity index is 1.86. The molecule has 1 heterocycles. The smallest absolute Gasteiger partial charge is 0.416 e. The number of hydrogen-bond donors (Lipinski definition) is 1. The molecule has 7 heteroatoms. The van der Waals surface area contributed by atoms with Crippen LogP contribution in [0.3, 0.4) is 0 Å². The second-order valence-electron chi connectivity index (χ2n) is 4.99. The van der Waals surface area contributed by atoms with Crippen LogP contribution in [0.1, 0.15) is 15.9 Å². The van der Waals surface area contributed by atoms with Crippen molar-refractivity contribution >= 4 is 17.3 Å². The molecule has 0 amide bonds. The first-order valence-electron chi connectivity index (χ1n) is 6.82. The predicted octanol–water partition coefficient (Wildman–Crippen LogP) is 5.19. The Labute approximate surface area is 139 Å². The summed E-state index contributed by atoms with van der Waals surface area (Å²) in [5, 5.41) is 9.49. The molecule has 0 radical (unpaired) electrons. The molecule has 0 saturated heterocycles. The molecule has 0 aliphatic rings. The molecule has 0 unspecified atom stereocenters. The molecule has 3 aromatic rings. The fraction of sp³-hybridized carbons (Fsp3) is 0.0588. The fourth-order valence-corrected chi connectivity index (χ4v) is 3.05. The van der Waals surface area contributed by atoms with Gasteiger partial charge in [-0.2, -0.15) is 13.2 Å². The summed E-state index contributed by atoms with van der Waals surface area (Å²) in [7, 11) is 0. The van der Waals surface area contributed by atoms with E-state index in [1.807, 2.05) is 0 Å². The van der Waals surface area contributed by atoms with Crippen molar-refractivity contribution < 1.29 is 23.1 Å². The lowest BCUT2D eigenvalue weighted by atomic mass is 10.1. The molecule has 1 N–H and O–H groups in total. The van der Waals surface area contributed by atoms with Crippen molar-refractivity contribution in [2.24, 2.45) is 0 Å². The van der Waals surface area contributed by atoms with Crippen LogP contribution in [0.25, 0.3) is 21.0 Å². The third-order valence-corrected chi connectivity index (χ3v) is 4.48. The number of aromatic carboxylic acids is 1. The van der Waals surface area contributed by atoms with E-state index in [1.54, 1.807) is 18.3 Å². The standard InChI is InChI=1S/C17H10F3NO2S/c18-17(19,20)13-7-5-11(6-8-13)15-21-9-14(24-15)10-1-3-12(4-2-10)16(22)23/h1-9H,(H,22,23). The van der Waals surface area contributed by atoms with Gasteiger partial charge < -0.3 is 5.11 Å². The SMILES string of the molecule is O=C(O)c1ccc(-c2cnc(-c3ccc(C(F)(F)F)cc3)s2)cc1. The van der Waals surface area contributed by atoms with Crippen molar-refractivity contribution in [3.63, 3.8) is 0 Å². The number of alkyl halides is 3. The molecule has 0 aliphatic carbocycles. The van der Waals surface area contributed by atoms with Gasteiger partial charge in [0, 0.05) is 11.8 Å². The lowest BCUT2D eigenvalue weighted by Gasteiger charge is -2.06. The van der Waals surface area contributed by atoms with Crippen LogP contribution in [0.5, 0.6) is 0 Å². The fourth-order valence-electron chi connectivity index (χ4n) is 2.12. The summed E-state index contributed by atoms with van der Waals surface area (Å²) in [6.07, 6.45) is -2.74. The third-order valence-electron chi connectivity index (χ3n) is 3.38. The van der Waals surface area contributed by atoms with E-state index in [-0.39, 0.29) is 5.56 Å². The van der Waals surface area contributed by atoms with Crippen LogP contribution in [0, 0.1) is 0 Å². The Morgan fingerprint density at radius 2 is 1.54 bits per heavy atom. The van der Waals surface area contributed by atoms with Gasteiger partial charge in [0.2, 0.25) is 0 Å². The first-order valence-corrected chi connectivity index (χ1v) is 7.63. The molecule has 0 fully saturated rings. The molecule has 0 aliphatic heterocycles. The van der Waals surface area contributed by atoms with Crippen LogP contribution in [0.2, 0.25) is 0 Å². The second-order valence-corrected chi connectivity index (χ2v) is 6.02. The average molecular weight is 349 g/mol. The maximum absolute atomic E-state index is 12.6. The zero-order chi connectivity index (χ0) is 17.3. The van der Waals surface area contributed by atoms with Gasteiger partial charge in [-0.25, -0.2) is 9.78 Å². The molecule has 24 heavy (non-hydrogen) atoms. The first kappa shape index (κ1) is 16.2. The first-order chi connectivity index (χ1) is 11.3. The van der Waals surface area contributed by atoms with E-state index < -0.39 is 17.7 Å². The van der Waals surface area contributed by atoms with E-state index in [1.165, 1.54) is 35.6 Å². The average Bonchev–Trinajstić information content (AvgIpc) is 3.04. The molecule has 122 valence electrons. The lowest BCUT2D eigenvalue weighted by Crippen LogP contribution is -2.03. The minimum Gasteiger partial charge on any atom is -0.478 e. The van der Waals surface area contributed by atoms with Crippen LogP contribution in [-0.4, -0.2) is 16.1 Å². The number of halogens is 3. The molecule has 1 aromatic heterocycles. The Morgan fingerprint density at radius 3 is 2.08 bits per heavy atom. The molecule has 0 bridgehead atoms. The van der Waals surface area contributed by atoms with Crippen LogP contribution in [-0.2, 0) is 6.18 Å². The minimum atomic E-state index is -4.36. The van der Waals surface area contributed by atoms with Gasteiger partial charge in [-0.15, -0.1) is 11.3 Å². The quantitative estimate of drug-likeness (QED) is 0.707. The Bertz CT molecular complexity index is 868. The van der Waals surface area contributed by atoms with Crippen molar-refractivity contribution in [3.8, 4) is 21.0 Å². The van der Waals surface area contributed by atoms with Gasteiger partial charge in [0.25, 0.3) is 0 Å². The molecule has 0 atom stereocenters. The zero-order valence-electron chi connectivity index (χ0n) is 12.0. The number of carboxylic acid groups (broad SMARTS) is 1. The van der Waals surface area contributed by atoms with E-state index in [9.17, 15) is 18.0 Å². The summed E-state index contributed by atoms with van der Waals surface area (Å²) in [4.78, 5) is 15.9. The van der Waals surface area contributed by atoms with Gasteiger partial charge in [0.1, 0.15) is 5.01 Å². The van der Waals surface area contributed by atoms with E-state index >= 15 is 0 Å². The number of nitrogens with zero attached hydrogens (tertiary/aromatic N) is 1. The van der Waals surface area contributed by atoms with Crippen molar-refractivity contribution in [2.75, 3.05) is 0 Å². The van der Waals surface area contributed by atoms with Crippen LogP contribution < -0.4 is 0 Å². The number of thiazole rings is 1. The van der Waals surface area contributed by atoms with Gasteiger partial charge in [0.05, 0.1) is 16.0 Å². The van der Waals surface area contributed by atoms with E-state index in [0.717, 1.165) is 22.6 Å². The summed E-state index contributed by atoms with van der Waals surface area (Å²) >= 11 is 1.33. The molecule has 2 aromatic carbocycles. The highest BCUT2D eigenvalue weighted by Gasteiger charge is 2.30. The number of aromatic nitrogens is 1. The van der Waals surface area contributed by atoms with Crippen LogP contribution in [0.15, 0.2) is 54.7 Å². The molecular weight excluding hydrogens is 339 g/mol. The highest BCUT2D eigenvalue weighted by atomic mass is 32.1. The van der Waals surface area contributed by atoms with E-state index in [4.69, 9.17) is 5.11 Å². The normalized spacial score (nSPS) is 11.5. The highest BCUT2D eigenvalue weighted by Crippen LogP contribution is 2.34. The second kappa shape index (κ2) is 6.09. The Hall–Kier alpha value is -2.67. The van der Waals surface area contributed by atoms with Gasteiger partial charge in [-0.3, -0.25) is 0 Å². The monoisotopic (exact) mass is 349 g/mol. The largest absolute Gasteiger partial charge is 0.478 e. The maximum atomic E-state index is 12.6. The van der Waals surface area contributed by atoms with Crippen LogP contribution in [0.4, 0.5) is 13.2 Å². The van der Waals surface area contributed by atoms with Gasteiger partial charge in [-0.05, 0) is 29.8 Å². The summed E-state index contributed by atoms with van der Waals surface area (Å²) in [5.41, 5.74) is 0.885. The molecule has 0 spiro atoms. The van der Waals surface area contributed by atoms with Crippen molar-refractivity contribution in [1.29, 1.82) is 0 Å². The molecule has 3 rings (SSSR count). The summed E-state index contributed by atoms with van der Waals surface area (Å²) in [6.45, 7) is 0. The number of carboxylic acids is 1. The minimum absolute atomic E-state index is 0.186. The van der Waals surface area contributed by atoms with E-state index in [2.05, 4.69) is 4.98 Å². The Morgan fingerprint density at radius 1 is 0.958 bits per heavy atom. The number of rotatable bonds is 3. The van der Waals surface area contributed by atoms with Gasteiger partial charge in [-0.1, -0.05) is 24.3 Å².